The highest BCUT2D eigenvalue weighted by Crippen LogP contribution is 2.41. The fraction of sp³-hybridized carbons (Fsp3) is 0.154. The number of hydrogen-bond donors (Lipinski definition) is 3. The van der Waals surface area contributed by atoms with Gasteiger partial charge in [0.2, 0.25) is 0 Å². The number of nitrogens with one attached hydrogen (secondary N) is 2. The van der Waals surface area contributed by atoms with Gasteiger partial charge in [0.15, 0.2) is 9.84 Å². The van der Waals surface area contributed by atoms with Crippen LogP contribution in [0.3, 0.4) is 0 Å². The SMILES string of the molecule is COc1cccc(OC)c1CS(=O)(=O)c1ccc2c(c1)NC(=O)C(=Cc1ccc(NCC(=O)O)cc1)S2. The third-order valence-electron chi connectivity index (χ3n) is 5.52. The van der Waals surface area contributed by atoms with E-state index in [0.29, 0.717) is 38.2 Å². The van der Waals surface area contributed by atoms with E-state index in [1.54, 1.807) is 54.6 Å². The Bertz CT molecular complexity index is 1460. The zero-order valence-electron chi connectivity index (χ0n) is 20.0. The smallest absolute Gasteiger partial charge is 0.322 e. The van der Waals surface area contributed by atoms with Crippen LogP contribution >= 0.6 is 11.8 Å². The Kier molecular flexibility index (Phi) is 7.74. The highest BCUT2D eigenvalue weighted by Gasteiger charge is 2.26. The second-order valence-corrected chi connectivity index (χ2v) is 11.1. The number of methoxy groups -OCH3 is 2. The van der Waals surface area contributed by atoms with E-state index in [9.17, 15) is 18.0 Å². The number of rotatable bonds is 9. The number of ether oxygens (including phenoxy) is 2. The van der Waals surface area contributed by atoms with E-state index in [1.807, 2.05) is 0 Å². The minimum absolute atomic E-state index is 0.0667. The van der Waals surface area contributed by atoms with E-state index in [2.05, 4.69) is 10.6 Å². The standard InChI is InChI=1S/C26H24N2O7S2/c1-34-21-4-3-5-22(35-2)19(21)15-37(32,33)18-10-11-23-20(13-18)28-26(31)24(36-23)12-16-6-8-17(9-7-16)27-14-25(29)30/h3-13,27H,14-15H2,1-2H3,(H,28,31)(H,29,30). The first-order chi connectivity index (χ1) is 17.7. The van der Waals surface area contributed by atoms with Gasteiger partial charge in [0, 0.05) is 10.6 Å². The molecule has 0 aliphatic carbocycles. The summed E-state index contributed by atoms with van der Waals surface area (Å²) in [5, 5.41) is 14.3. The van der Waals surface area contributed by atoms with Gasteiger partial charge in [0.1, 0.15) is 18.0 Å². The highest BCUT2D eigenvalue weighted by atomic mass is 32.2. The van der Waals surface area contributed by atoms with Crippen LogP contribution in [0.1, 0.15) is 11.1 Å². The summed E-state index contributed by atoms with van der Waals surface area (Å²) in [5.41, 5.74) is 2.23. The van der Waals surface area contributed by atoms with Gasteiger partial charge in [-0.2, -0.15) is 0 Å². The number of aliphatic carboxylic acids is 1. The molecular formula is C26H24N2O7S2. The van der Waals surface area contributed by atoms with E-state index in [-0.39, 0.29) is 23.1 Å². The van der Waals surface area contributed by atoms with Gasteiger partial charge in [-0.1, -0.05) is 30.0 Å². The molecule has 0 fully saturated rings. The minimum atomic E-state index is -3.78. The number of hydrogen-bond acceptors (Lipinski definition) is 8. The maximum atomic E-state index is 13.2. The molecule has 3 aromatic carbocycles. The first-order valence-corrected chi connectivity index (χ1v) is 13.5. The second kappa shape index (κ2) is 11.0. The summed E-state index contributed by atoms with van der Waals surface area (Å²) >= 11 is 1.23. The van der Waals surface area contributed by atoms with Gasteiger partial charge in [-0.25, -0.2) is 8.42 Å². The normalized spacial score (nSPS) is 14.0. The summed E-state index contributed by atoms with van der Waals surface area (Å²) in [6, 6.07) is 16.7. The number of amides is 1. The van der Waals surface area contributed by atoms with E-state index < -0.39 is 15.8 Å². The molecule has 0 bridgehead atoms. The molecule has 3 N–H and O–H groups in total. The molecule has 4 rings (SSSR count). The fourth-order valence-corrected chi connectivity index (χ4v) is 6.04. The Hall–Kier alpha value is -3.96. The number of carboxylic acids is 1. The number of fused-ring (bicyclic) bond motifs is 1. The molecule has 0 aromatic heterocycles. The number of carbonyl (C=O) groups is 2. The Morgan fingerprint density at radius 2 is 1.73 bits per heavy atom. The summed E-state index contributed by atoms with van der Waals surface area (Å²) in [7, 11) is -0.854. The molecule has 1 aliphatic heterocycles. The molecule has 1 amide bonds. The highest BCUT2D eigenvalue weighted by molar-refractivity contribution is 8.04. The van der Waals surface area contributed by atoms with Crippen LogP contribution in [-0.2, 0) is 25.2 Å². The predicted octanol–water partition coefficient (Wildman–Crippen LogP) is 4.26. The third-order valence-corrected chi connectivity index (χ3v) is 8.26. The first-order valence-electron chi connectivity index (χ1n) is 11.0. The molecular weight excluding hydrogens is 516 g/mol. The zero-order valence-corrected chi connectivity index (χ0v) is 21.6. The number of carboxylic acid groups (broad SMARTS) is 1. The van der Waals surface area contributed by atoms with Crippen molar-refractivity contribution in [2.45, 2.75) is 15.5 Å². The largest absolute Gasteiger partial charge is 0.496 e. The Morgan fingerprint density at radius 3 is 2.35 bits per heavy atom. The van der Waals surface area contributed by atoms with E-state index in [1.165, 1.54) is 38.1 Å². The molecule has 0 atom stereocenters. The Morgan fingerprint density at radius 1 is 1.05 bits per heavy atom. The summed E-state index contributed by atoms with van der Waals surface area (Å²) in [4.78, 5) is 24.7. The third kappa shape index (κ3) is 6.07. The molecule has 0 spiro atoms. The molecule has 3 aromatic rings. The van der Waals surface area contributed by atoms with Crippen molar-refractivity contribution < 1.29 is 32.6 Å². The topological polar surface area (TPSA) is 131 Å². The number of carbonyl (C=O) groups excluding carboxylic acids is 1. The molecule has 9 nitrogen and oxygen atoms in total. The van der Waals surface area contributed by atoms with Crippen molar-refractivity contribution >= 4 is 50.9 Å². The molecule has 11 heteroatoms. The molecule has 192 valence electrons. The van der Waals surface area contributed by atoms with Crippen LogP contribution in [0.2, 0.25) is 0 Å². The lowest BCUT2D eigenvalue weighted by molar-refractivity contribution is -0.135. The molecule has 0 unspecified atom stereocenters. The Balaban J connectivity index is 1.55. The first kappa shape index (κ1) is 26.1. The van der Waals surface area contributed by atoms with Crippen molar-refractivity contribution in [3.05, 3.63) is 76.7 Å². The molecule has 0 saturated carbocycles. The maximum Gasteiger partial charge on any atom is 0.322 e. The van der Waals surface area contributed by atoms with Crippen LogP contribution < -0.4 is 20.1 Å². The summed E-state index contributed by atoms with van der Waals surface area (Å²) in [6.07, 6.45) is 1.71. The van der Waals surface area contributed by atoms with Gasteiger partial charge in [-0.3, -0.25) is 9.59 Å². The predicted molar refractivity (Wildman–Crippen MR) is 142 cm³/mol. The lowest BCUT2D eigenvalue weighted by atomic mass is 10.2. The minimum Gasteiger partial charge on any atom is -0.496 e. The van der Waals surface area contributed by atoms with Crippen LogP contribution in [-0.4, -0.2) is 46.2 Å². The lowest BCUT2D eigenvalue weighted by Gasteiger charge is -2.20. The van der Waals surface area contributed by atoms with Crippen LogP contribution in [0.15, 0.2) is 75.4 Å². The van der Waals surface area contributed by atoms with Crippen LogP contribution in [0, 0.1) is 0 Å². The van der Waals surface area contributed by atoms with Crippen LogP contribution in [0.4, 0.5) is 11.4 Å². The average Bonchev–Trinajstić information content (AvgIpc) is 2.88. The van der Waals surface area contributed by atoms with Crippen LogP contribution in [0.5, 0.6) is 11.5 Å². The van der Waals surface area contributed by atoms with Crippen LogP contribution in [0.25, 0.3) is 6.08 Å². The monoisotopic (exact) mass is 540 g/mol. The molecule has 0 radical (unpaired) electrons. The van der Waals surface area contributed by atoms with Gasteiger partial charge in [0.25, 0.3) is 5.91 Å². The summed E-state index contributed by atoms with van der Waals surface area (Å²) < 4.78 is 37.1. The number of sulfone groups is 1. The fourth-order valence-electron chi connectivity index (χ4n) is 3.70. The summed E-state index contributed by atoms with van der Waals surface area (Å²) in [5.74, 6) is -0.833. The Labute approximate surface area is 218 Å². The zero-order chi connectivity index (χ0) is 26.6. The van der Waals surface area contributed by atoms with Gasteiger partial charge in [0.05, 0.1) is 41.0 Å². The van der Waals surface area contributed by atoms with E-state index >= 15 is 0 Å². The van der Waals surface area contributed by atoms with Crippen molar-refractivity contribution in [1.82, 2.24) is 0 Å². The molecule has 37 heavy (non-hydrogen) atoms. The van der Waals surface area contributed by atoms with Gasteiger partial charge in [-0.05, 0) is 54.1 Å². The van der Waals surface area contributed by atoms with Gasteiger partial charge < -0.3 is 25.2 Å². The van der Waals surface area contributed by atoms with Crippen molar-refractivity contribution in [3.63, 3.8) is 0 Å². The quantitative estimate of drug-likeness (QED) is 0.341. The molecule has 0 saturated heterocycles. The van der Waals surface area contributed by atoms with Crippen molar-refractivity contribution in [3.8, 4) is 11.5 Å². The van der Waals surface area contributed by atoms with Gasteiger partial charge >= 0.3 is 5.97 Å². The number of anilines is 2. The average molecular weight is 541 g/mol. The van der Waals surface area contributed by atoms with Crippen molar-refractivity contribution in [1.29, 1.82) is 0 Å². The molecule has 1 heterocycles. The molecule has 1 aliphatic rings. The summed E-state index contributed by atoms with van der Waals surface area (Å²) in [6.45, 7) is -0.195. The van der Waals surface area contributed by atoms with Crippen molar-refractivity contribution in [2.75, 3.05) is 31.4 Å². The van der Waals surface area contributed by atoms with E-state index in [0.717, 1.165) is 5.56 Å². The number of thioether (sulfide) groups is 1. The van der Waals surface area contributed by atoms with Gasteiger partial charge in [-0.15, -0.1) is 0 Å². The lowest BCUT2D eigenvalue weighted by Crippen LogP contribution is -2.18. The van der Waals surface area contributed by atoms with Crippen molar-refractivity contribution in [2.24, 2.45) is 0 Å². The van der Waals surface area contributed by atoms with E-state index in [4.69, 9.17) is 14.6 Å². The second-order valence-electron chi connectivity index (χ2n) is 7.99. The number of benzene rings is 3. The maximum absolute atomic E-state index is 13.2.